The van der Waals surface area contributed by atoms with Gasteiger partial charge in [0.2, 0.25) is 0 Å². The zero-order chi connectivity index (χ0) is 13.5. The van der Waals surface area contributed by atoms with Crippen LogP contribution in [-0.4, -0.2) is 16.8 Å². The van der Waals surface area contributed by atoms with Crippen LogP contribution in [0, 0.1) is 0 Å². The number of Topliss-reactive ketones (excluding diaryl/α,β-unsaturated/α-hetero) is 1. The quantitative estimate of drug-likeness (QED) is 0.864. The second kappa shape index (κ2) is 4.74. The molecule has 4 rings (SSSR count). The van der Waals surface area contributed by atoms with Crippen molar-refractivity contribution in [3.63, 3.8) is 0 Å². The number of furan rings is 1. The minimum Gasteiger partial charge on any atom is -0.467 e. The summed E-state index contributed by atoms with van der Waals surface area (Å²) in [6, 6.07) is 4.47. The summed E-state index contributed by atoms with van der Waals surface area (Å²) in [6.45, 7) is 0.748. The number of nitrogens with zero attached hydrogens (tertiary/aromatic N) is 2. The fourth-order valence-corrected chi connectivity index (χ4v) is 3.88. The molecule has 0 spiro atoms. The fourth-order valence-electron chi connectivity index (χ4n) is 2.69. The number of hydrogen-bond acceptors (Lipinski definition) is 5. The summed E-state index contributed by atoms with van der Waals surface area (Å²) in [5, 5.41) is 0.990. The predicted molar refractivity (Wildman–Crippen MR) is 77.3 cm³/mol. The molecule has 0 N–H and O–H groups in total. The molecule has 0 aliphatic heterocycles. The molecule has 2 aliphatic rings. The zero-order valence-corrected chi connectivity index (χ0v) is 12.0. The molecular formula is C15H16N2O2S. The predicted octanol–water partition coefficient (Wildman–Crippen LogP) is 3.42. The molecule has 5 heteroatoms. The molecule has 0 amide bonds. The van der Waals surface area contributed by atoms with Gasteiger partial charge in [0.15, 0.2) is 10.9 Å². The van der Waals surface area contributed by atoms with Crippen LogP contribution in [0.15, 0.2) is 22.8 Å². The van der Waals surface area contributed by atoms with Crippen molar-refractivity contribution >= 4 is 22.3 Å². The lowest BCUT2D eigenvalue weighted by atomic mass is 10.0. The topological polar surface area (TPSA) is 46.3 Å². The highest BCUT2D eigenvalue weighted by molar-refractivity contribution is 7.16. The lowest BCUT2D eigenvalue weighted by Crippen LogP contribution is -2.24. The smallest absolute Gasteiger partial charge is 0.186 e. The van der Waals surface area contributed by atoms with Crippen LogP contribution in [0.3, 0.4) is 0 Å². The first-order chi connectivity index (χ1) is 9.81. The SMILES string of the molecule is O=C1CCCc2sc(N(Cc3ccco3)C3CC3)nc21. The van der Waals surface area contributed by atoms with Crippen LogP contribution in [0.1, 0.15) is 46.8 Å². The molecule has 2 aromatic rings. The van der Waals surface area contributed by atoms with Gasteiger partial charge in [-0.25, -0.2) is 4.98 Å². The molecule has 0 atom stereocenters. The first-order valence-electron chi connectivity index (χ1n) is 7.13. The maximum atomic E-state index is 11.9. The van der Waals surface area contributed by atoms with Crippen molar-refractivity contribution in [2.75, 3.05) is 4.90 Å². The van der Waals surface area contributed by atoms with E-state index in [1.807, 2.05) is 12.1 Å². The zero-order valence-electron chi connectivity index (χ0n) is 11.2. The standard InChI is InChI=1S/C15H16N2O2S/c18-12-4-1-5-13-14(12)16-15(20-13)17(10-6-7-10)9-11-3-2-8-19-11/h2-3,8,10H,1,4-7,9H2. The maximum absolute atomic E-state index is 11.9. The molecule has 0 radical (unpaired) electrons. The van der Waals surface area contributed by atoms with Gasteiger partial charge >= 0.3 is 0 Å². The Morgan fingerprint density at radius 2 is 2.30 bits per heavy atom. The van der Waals surface area contributed by atoms with Gasteiger partial charge < -0.3 is 9.32 Å². The van der Waals surface area contributed by atoms with Crippen LogP contribution in [0.25, 0.3) is 0 Å². The van der Waals surface area contributed by atoms with E-state index in [9.17, 15) is 4.79 Å². The van der Waals surface area contributed by atoms with E-state index in [0.29, 0.717) is 12.5 Å². The lowest BCUT2D eigenvalue weighted by molar-refractivity contribution is 0.0968. The van der Waals surface area contributed by atoms with E-state index in [2.05, 4.69) is 9.88 Å². The van der Waals surface area contributed by atoms with Crippen molar-refractivity contribution in [1.29, 1.82) is 0 Å². The number of aryl methyl sites for hydroxylation is 1. The van der Waals surface area contributed by atoms with Crippen LogP contribution in [0.5, 0.6) is 0 Å². The Bertz CT molecular complexity index is 628. The average Bonchev–Trinajstić information content (AvgIpc) is 2.99. The van der Waals surface area contributed by atoms with E-state index < -0.39 is 0 Å². The third kappa shape index (κ3) is 2.16. The van der Waals surface area contributed by atoms with Crippen LogP contribution < -0.4 is 4.90 Å². The molecule has 2 heterocycles. The van der Waals surface area contributed by atoms with Gasteiger partial charge in [-0.05, 0) is 37.8 Å². The fraction of sp³-hybridized carbons (Fsp3) is 0.467. The van der Waals surface area contributed by atoms with Gasteiger partial charge in [0.1, 0.15) is 11.5 Å². The summed E-state index contributed by atoms with van der Waals surface area (Å²) in [5.41, 5.74) is 0.723. The minimum absolute atomic E-state index is 0.211. The van der Waals surface area contributed by atoms with Crippen LogP contribution >= 0.6 is 11.3 Å². The van der Waals surface area contributed by atoms with Gasteiger partial charge in [0.25, 0.3) is 0 Å². The van der Waals surface area contributed by atoms with Crippen molar-refractivity contribution in [3.8, 4) is 0 Å². The number of thiazole rings is 1. The van der Waals surface area contributed by atoms with Crippen LogP contribution in [0.4, 0.5) is 5.13 Å². The molecule has 0 saturated heterocycles. The normalized spacial score (nSPS) is 18.1. The Hall–Kier alpha value is -1.62. The number of carbonyl (C=O) groups is 1. The largest absolute Gasteiger partial charge is 0.467 e. The average molecular weight is 288 g/mol. The van der Waals surface area contributed by atoms with Crippen molar-refractivity contribution in [2.45, 2.75) is 44.7 Å². The van der Waals surface area contributed by atoms with E-state index in [-0.39, 0.29) is 5.78 Å². The first-order valence-corrected chi connectivity index (χ1v) is 7.95. The molecule has 104 valence electrons. The number of fused-ring (bicyclic) bond motifs is 1. The number of carbonyl (C=O) groups excluding carboxylic acids is 1. The summed E-state index contributed by atoms with van der Waals surface area (Å²) in [4.78, 5) is 20.0. The number of hydrogen-bond donors (Lipinski definition) is 0. The van der Waals surface area contributed by atoms with E-state index in [0.717, 1.165) is 36.0 Å². The molecule has 4 nitrogen and oxygen atoms in total. The number of anilines is 1. The Balaban J connectivity index is 1.65. The molecule has 1 saturated carbocycles. The lowest BCUT2D eigenvalue weighted by Gasteiger charge is -2.19. The monoisotopic (exact) mass is 288 g/mol. The minimum atomic E-state index is 0.211. The first kappa shape index (κ1) is 12.1. The summed E-state index contributed by atoms with van der Waals surface area (Å²) in [5.74, 6) is 1.17. The molecule has 0 aromatic carbocycles. The second-order valence-electron chi connectivity index (χ2n) is 5.48. The maximum Gasteiger partial charge on any atom is 0.186 e. The molecule has 0 bridgehead atoms. The van der Waals surface area contributed by atoms with E-state index in [4.69, 9.17) is 4.42 Å². The van der Waals surface area contributed by atoms with Gasteiger partial charge in [0, 0.05) is 17.3 Å². The van der Waals surface area contributed by atoms with Crippen molar-refractivity contribution in [3.05, 3.63) is 34.7 Å². The Morgan fingerprint density at radius 1 is 1.40 bits per heavy atom. The van der Waals surface area contributed by atoms with Gasteiger partial charge in [-0.3, -0.25) is 4.79 Å². The van der Waals surface area contributed by atoms with E-state index >= 15 is 0 Å². The molecule has 1 fully saturated rings. The van der Waals surface area contributed by atoms with Gasteiger partial charge in [-0.1, -0.05) is 0 Å². The van der Waals surface area contributed by atoms with Gasteiger partial charge in [0.05, 0.1) is 12.8 Å². The van der Waals surface area contributed by atoms with Gasteiger partial charge in [-0.15, -0.1) is 11.3 Å². The van der Waals surface area contributed by atoms with Crippen LogP contribution in [0.2, 0.25) is 0 Å². The third-order valence-corrected chi connectivity index (χ3v) is 5.05. The highest BCUT2D eigenvalue weighted by atomic mass is 32.1. The third-order valence-electron chi connectivity index (χ3n) is 3.90. The van der Waals surface area contributed by atoms with Crippen LogP contribution in [-0.2, 0) is 13.0 Å². The number of aromatic nitrogens is 1. The Labute approximate surface area is 121 Å². The van der Waals surface area contributed by atoms with Crippen molar-refractivity contribution in [2.24, 2.45) is 0 Å². The molecule has 0 unspecified atom stereocenters. The molecular weight excluding hydrogens is 272 g/mol. The highest BCUT2D eigenvalue weighted by Crippen LogP contribution is 2.38. The Kier molecular flexibility index (Phi) is 2.88. The molecule has 20 heavy (non-hydrogen) atoms. The second-order valence-corrected chi connectivity index (χ2v) is 6.55. The summed E-state index contributed by atoms with van der Waals surface area (Å²) in [7, 11) is 0. The van der Waals surface area contributed by atoms with Crippen molar-refractivity contribution in [1.82, 2.24) is 4.98 Å². The molecule has 2 aromatic heterocycles. The summed E-state index contributed by atoms with van der Waals surface area (Å²) >= 11 is 1.69. The molecule has 2 aliphatic carbocycles. The van der Waals surface area contributed by atoms with E-state index in [1.54, 1.807) is 17.6 Å². The number of rotatable bonds is 4. The number of ketones is 1. The van der Waals surface area contributed by atoms with E-state index in [1.165, 1.54) is 17.7 Å². The summed E-state index contributed by atoms with van der Waals surface area (Å²) in [6.07, 6.45) is 6.74. The van der Waals surface area contributed by atoms with Crippen molar-refractivity contribution < 1.29 is 9.21 Å². The summed E-state index contributed by atoms with van der Waals surface area (Å²) < 4.78 is 5.45. The van der Waals surface area contributed by atoms with Gasteiger partial charge in [-0.2, -0.15) is 0 Å². The Morgan fingerprint density at radius 3 is 3.00 bits per heavy atom. The highest BCUT2D eigenvalue weighted by Gasteiger charge is 2.33.